The van der Waals surface area contributed by atoms with Crippen molar-refractivity contribution in [2.45, 2.75) is 64.8 Å². The van der Waals surface area contributed by atoms with E-state index in [9.17, 15) is 24.3 Å². The number of hydrogen-bond donors (Lipinski definition) is 3. The monoisotopic (exact) mass is 454 g/mol. The fourth-order valence-electron chi connectivity index (χ4n) is 1.62. The molecule has 2 atom stereocenters. The van der Waals surface area contributed by atoms with Gasteiger partial charge in [-0.05, 0) is 41.5 Å². The maximum absolute atomic E-state index is 11.9. The van der Waals surface area contributed by atoms with Crippen molar-refractivity contribution in [3.05, 3.63) is 0 Å². The molecule has 3 N–H and O–H groups in total. The van der Waals surface area contributed by atoms with Crippen LogP contribution in [0.1, 0.15) is 41.5 Å². The lowest BCUT2D eigenvalue weighted by Crippen LogP contribution is -2.45. The smallest absolute Gasteiger partial charge is 0.408 e. The number of alkyl carbamates (subject to hydrolysis) is 2. The molecule has 0 radical (unpaired) electrons. The summed E-state index contributed by atoms with van der Waals surface area (Å²) >= 11 is 0. The van der Waals surface area contributed by atoms with Gasteiger partial charge >= 0.3 is 24.1 Å². The molecule has 0 saturated carbocycles. The molecule has 0 saturated heterocycles. The molecule has 0 rings (SSSR count). The highest BCUT2D eigenvalue weighted by Gasteiger charge is 2.27. The van der Waals surface area contributed by atoms with Crippen LogP contribution in [-0.4, -0.2) is 71.1 Å². The Hall–Kier alpha value is -1.82. The molecule has 0 bridgehead atoms. The molecule has 0 aliphatic rings. The van der Waals surface area contributed by atoms with Crippen LogP contribution >= 0.6 is 21.6 Å². The molecule has 0 aromatic carbocycles. The molecule has 0 aliphatic heterocycles. The second kappa shape index (κ2) is 12.0. The normalized spacial score (nSPS) is 13.6. The van der Waals surface area contributed by atoms with Crippen LogP contribution in [0.4, 0.5) is 9.59 Å². The lowest BCUT2D eigenvalue weighted by Gasteiger charge is -2.23. The van der Waals surface area contributed by atoms with Gasteiger partial charge in [0.2, 0.25) is 0 Å². The Labute approximate surface area is 178 Å². The van der Waals surface area contributed by atoms with E-state index in [4.69, 9.17) is 9.47 Å². The van der Waals surface area contributed by atoms with E-state index in [1.54, 1.807) is 41.5 Å². The van der Waals surface area contributed by atoms with E-state index < -0.39 is 47.4 Å². The summed E-state index contributed by atoms with van der Waals surface area (Å²) in [6, 6.07) is -2.16. The van der Waals surface area contributed by atoms with Crippen LogP contribution in [0, 0.1) is 0 Å². The predicted molar refractivity (Wildman–Crippen MR) is 111 cm³/mol. The number of methoxy groups -OCH3 is 1. The quantitative estimate of drug-likeness (QED) is 0.206. The molecule has 10 nitrogen and oxygen atoms in total. The number of esters is 1. The molecule has 29 heavy (non-hydrogen) atoms. The van der Waals surface area contributed by atoms with E-state index in [-0.39, 0.29) is 11.5 Å². The zero-order chi connectivity index (χ0) is 22.8. The number of carboxylic acid groups (broad SMARTS) is 1. The minimum absolute atomic E-state index is 0.0135. The minimum atomic E-state index is -1.22. The van der Waals surface area contributed by atoms with E-state index in [1.165, 1.54) is 7.11 Å². The van der Waals surface area contributed by atoms with Crippen molar-refractivity contribution >= 4 is 45.7 Å². The average Bonchev–Trinajstić information content (AvgIpc) is 2.51. The van der Waals surface area contributed by atoms with Crippen LogP contribution < -0.4 is 10.6 Å². The Kier molecular flexibility index (Phi) is 11.3. The van der Waals surface area contributed by atoms with Crippen molar-refractivity contribution in [1.82, 2.24) is 10.6 Å². The zero-order valence-corrected chi connectivity index (χ0v) is 19.3. The maximum atomic E-state index is 11.9. The van der Waals surface area contributed by atoms with Gasteiger partial charge in [-0.3, -0.25) is 0 Å². The first kappa shape index (κ1) is 27.2. The summed E-state index contributed by atoms with van der Waals surface area (Å²) in [5.74, 6) is -1.76. The summed E-state index contributed by atoms with van der Waals surface area (Å²) in [6.07, 6.45) is -1.61. The lowest BCUT2D eigenvalue weighted by molar-refractivity contribution is -0.142. The number of amides is 2. The third kappa shape index (κ3) is 13.9. The summed E-state index contributed by atoms with van der Waals surface area (Å²) in [5, 5.41) is 13.9. The molecular weight excluding hydrogens is 424 g/mol. The van der Waals surface area contributed by atoms with Crippen LogP contribution in [-0.2, 0) is 23.8 Å². The molecule has 0 aromatic heterocycles. The van der Waals surface area contributed by atoms with Gasteiger partial charge < -0.3 is 30.0 Å². The Morgan fingerprint density at radius 2 is 1.21 bits per heavy atom. The molecule has 12 heteroatoms. The molecule has 0 aliphatic carbocycles. The summed E-state index contributed by atoms with van der Waals surface area (Å²) in [6.45, 7) is 10.1. The number of nitrogens with one attached hydrogen (secondary N) is 2. The van der Waals surface area contributed by atoms with E-state index >= 15 is 0 Å². The lowest BCUT2D eigenvalue weighted by atomic mass is 10.2. The van der Waals surface area contributed by atoms with Crippen LogP contribution in [0.25, 0.3) is 0 Å². The molecule has 168 valence electrons. The van der Waals surface area contributed by atoms with Crippen molar-refractivity contribution in [3.8, 4) is 0 Å². The Morgan fingerprint density at radius 1 is 0.828 bits per heavy atom. The molecule has 2 amide bonds. The molecule has 0 spiro atoms. The minimum Gasteiger partial charge on any atom is -0.480 e. The average molecular weight is 455 g/mol. The van der Waals surface area contributed by atoms with Gasteiger partial charge in [0.25, 0.3) is 0 Å². The van der Waals surface area contributed by atoms with Crippen LogP contribution in [0.3, 0.4) is 0 Å². The number of carboxylic acids is 1. The summed E-state index contributed by atoms with van der Waals surface area (Å²) < 4.78 is 14.8. The van der Waals surface area contributed by atoms with E-state index in [0.717, 1.165) is 21.6 Å². The van der Waals surface area contributed by atoms with E-state index in [2.05, 4.69) is 15.4 Å². The summed E-state index contributed by atoms with van der Waals surface area (Å²) in [5.41, 5.74) is -1.48. The van der Waals surface area contributed by atoms with Crippen LogP contribution in [0.5, 0.6) is 0 Å². The van der Waals surface area contributed by atoms with Gasteiger partial charge in [0, 0.05) is 11.5 Å². The molecule has 0 fully saturated rings. The van der Waals surface area contributed by atoms with Gasteiger partial charge in [0.1, 0.15) is 23.3 Å². The highest BCUT2D eigenvalue weighted by Crippen LogP contribution is 2.23. The summed E-state index contributed by atoms with van der Waals surface area (Å²) in [4.78, 5) is 46.8. The largest absolute Gasteiger partial charge is 0.480 e. The third-order valence-corrected chi connectivity index (χ3v) is 5.14. The first-order chi connectivity index (χ1) is 13.1. The fourth-order valence-corrected chi connectivity index (χ4v) is 3.92. The number of ether oxygens (including phenoxy) is 3. The van der Waals surface area contributed by atoms with Gasteiger partial charge in [0.15, 0.2) is 0 Å². The van der Waals surface area contributed by atoms with Gasteiger partial charge in [-0.2, -0.15) is 0 Å². The van der Waals surface area contributed by atoms with Gasteiger partial charge in [-0.1, -0.05) is 21.6 Å². The number of hydrogen-bond acceptors (Lipinski definition) is 9. The van der Waals surface area contributed by atoms with Gasteiger partial charge in [-0.15, -0.1) is 0 Å². The first-order valence-corrected chi connectivity index (χ1v) is 11.2. The van der Waals surface area contributed by atoms with Crippen LogP contribution in [0.2, 0.25) is 0 Å². The zero-order valence-electron chi connectivity index (χ0n) is 17.7. The second-order valence-corrected chi connectivity index (χ2v) is 10.4. The number of carbonyl (C=O) groups is 4. The number of rotatable bonds is 9. The Balaban J connectivity index is 4.62. The highest BCUT2D eigenvalue weighted by atomic mass is 33.1. The van der Waals surface area contributed by atoms with Crippen molar-refractivity contribution in [1.29, 1.82) is 0 Å². The topological polar surface area (TPSA) is 140 Å². The van der Waals surface area contributed by atoms with E-state index in [1.807, 2.05) is 0 Å². The first-order valence-electron chi connectivity index (χ1n) is 8.68. The van der Waals surface area contributed by atoms with Crippen molar-refractivity contribution < 1.29 is 38.5 Å². The third-order valence-electron chi connectivity index (χ3n) is 2.72. The highest BCUT2D eigenvalue weighted by molar-refractivity contribution is 8.76. The van der Waals surface area contributed by atoms with Crippen molar-refractivity contribution in [2.75, 3.05) is 18.6 Å². The molecule has 0 unspecified atom stereocenters. The number of aliphatic carboxylic acids is 1. The van der Waals surface area contributed by atoms with Gasteiger partial charge in [-0.25, -0.2) is 19.2 Å². The van der Waals surface area contributed by atoms with Crippen LogP contribution in [0.15, 0.2) is 0 Å². The maximum Gasteiger partial charge on any atom is 0.408 e. The van der Waals surface area contributed by atoms with Gasteiger partial charge in [0.05, 0.1) is 7.11 Å². The Bertz CT molecular complexity index is 587. The molecule has 0 aromatic rings. The summed E-state index contributed by atoms with van der Waals surface area (Å²) in [7, 11) is 3.44. The predicted octanol–water partition coefficient (Wildman–Crippen LogP) is 2.41. The molecule has 0 heterocycles. The second-order valence-electron chi connectivity index (χ2n) is 7.83. The molecular formula is C17H30N2O8S2. The van der Waals surface area contributed by atoms with Crippen molar-refractivity contribution in [3.63, 3.8) is 0 Å². The van der Waals surface area contributed by atoms with Crippen molar-refractivity contribution in [2.24, 2.45) is 0 Å². The number of carbonyl (C=O) groups excluding carboxylic acids is 3. The van der Waals surface area contributed by atoms with E-state index in [0.29, 0.717) is 0 Å². The fraction of sp³-hybridized carbons (Fsp3) is 0.765. The standard InChI is InChI=1S/C17H30N2O8S2/c1-16(2,3)26-14(23)18-10(12(20)21)8-28-29-9-11(13(22)25-7)19-15(24)27-17(4,5)6/h10-11H,8-9H2,1-7H3,(H,18,23)(H,19,24)(H,20,21)/t10-,11-/m0/s1. The SMILES string of the molecule is COC(=O)[C@H](CSSC[C@H](NC(=O)OC(C)(C)C)C(=O)O)NC(=O)OC(C)(C)C. The Morgan fingerprint density at radius 3 is 1.55 bits per heavy atom.